The van der Waals surface area contributed by atoms with Crippen LogP contribution in [0.1, 0.15) is 22.3 Å². The summed E-state index contributed by atoms with van der Waals surface area (Å²) in [6.07, 6.45) is 1.65. The van der Waals surface area contributed by atoms with Gasteiger partial charge < -0.3 is 11.5 Å². The number of nitrogens with zero attached hydrogens (tertiary/aromatic N) is 2. The topological polar surface area (TPSA) is 76.8 Å². The Morgan fingerprint density at radius 2 is 1.67 bits per heavy atom. The normalized spacial score (nSPS) is 10.6. The Kier molecular flexibility index (Phi) is 3.44. The maximum atomic E-state index is 5.16. The van der Waals surface area contributed by atoms with E-state index in [0.29, 0.717) is 0 Å². The lowest BCUT2D eigenvalue weighted by molar-refractivity contribution is 1.21. The van der Waals surface area contributed by atoms with E-state index in [2.05, 4.69) is 36.2 Å². The van der Waals surface area contributed by atoms with Gasteiger partial charge in [0.15, 0.2) is 0 Å². The number of guanidine groups is 1. The summed E-state index contributed by atoms with van der Waals surface area (Å²) >= 11 is 0. The molecule has 0 fully saturated rings. The van der Waals surface area contributed by atoms with Gasteiger partial charge in [-0.1, -0.05) is 6.07 Å². The highest BCUT2D eigenvalue weighted by Gasteiger charge is 1.98. The van der Waals surface area contributed by atoms with E-state index >= 15 is 0 Å². The molecule has 0 radical (unpaired) electrons. The number of benzene rings is 1. The Balaban J connectivity index is 3.01. The number of rotatable bonds is 2. The first-order valence-corrected chi connectivity index (χ1v) is 4.70. The molecule has 1 aromatic carbocycles. The molecule has 4 heteroatoms. The van der Waals surface area contributed by atoms with Gasteiger partial charge in [-0.25, -0.2) is 0 Å². The van der Waals surface area contributed by atoms with Gasteiger partial charge in [-0.2, -0.15) is 5.10 Å². The zero-order chi connectivity index (χ0) is 11.4. The fourth-order valence-corrected chi connectivity index (χ4v) is 1.28. The third-order valence-electron chi connectivity index (χ3n) is 2.25. The van der Waals surface area contributed by atoms with Gasteiger partial charge in [0.1, 0.15) is 0 Å². The van der Waals surface area contributed by atoms with Gasteiger partial charge in [0.25, 0.3) is 0 Å². The molecule has 4 nitrogen and oxygen atoms in total. The standard InChI is InChI=1S/C11H16N4/c1-7-4-9(3)10(5-8(7)2)6-14-15-11(12)13/h4-6H,1-3H3,(H4,12,13,15). The number of hydrogen-bond acceptors (Lipinski definition) is 2. The summed E-state index contributed by atoms with van der Waals surface area (Å²) in [5, 5.41) is 7.34. The van der Waals surface area contributed by atoms with Crippen molar-refractivity contribution in [1.82, 2.24) is 0 Å². The average molecular weight is 204 g/mol. The highest BCUT2D eigenvalue weighted by Crippen LogP contribution is 2.13. The van der Waals surface area contributed by atoms with Gasteiger partial charge in [-0.05, 0) is 49.1 Å². The molecule has 0 heterocycles. The Hall–Kier alpha value is -1.84. The van der Waals surface area contributed by atoms with Crippen molar-refractivity contribution < 1.29 is 0 Å². The second-order valence-electron chi connectivity index (χ2n) is 3.56. The molecule has 0 aliphatic carbocycles. The number of hydrogen-bond donors (Lipinski definition) is 2. The lowest BCUT2D eigenvalue weighted by Crippen LogP contribution is -2.21. The lowest BCUT2D eigenvalue weighted by atomic mass is 10.0. The summed E-state index contributed by atoms with van der Waals surface area (Å²) in [6.45, 7) is 6.18. The van der Waals surface area contributed by atoms with Crippen LogP contribution in [0.25, 0.3) is 0 Å². The second kappa shape index (κ2) is 4.59. The minimum Gasteiger partial charge on any atom is -0.369 e. The van der Waals surface area contributed by atoms with Crippen LogP contribution in [0.3, 0.4) is 0 Å². The van der Waals surface area contributed by atoms with E-state index in [9.17, 15) is 0 Å². The summed E-state index contributed by atoms with van der Waals surface area (Å²) in [5.74, 6) is -0.0345. The SMILES string of the molecule is Cc1cc(C)c(C=NN=C(N)N)cc1C. The van der Waals surface area contributed by atoms with Gasteiger partial charge >= 0.3 is 0 Å². The highest BCUT2D eigenvalue weighted by molar-refractivity contribution is 5.83. The average Bonchev–Trinajstić information content (AvgIpc) is 2.13. The molecule has 15 heavy (non-hydrogen) atoms. The zero-order valence-corrected chi connectivity index (χ0v) is 9.28. The van der Waals surface area contributed by atoms with E-state index in [0.717, 1.165) is 11.1 Å². The van der Waals surface area contributed by atoms with Gasteiger partial charge in [-0.15, -0.1) is 5.10 Å². The zero-order valence-electron chi connectivity index (χ0n) is 9.28. The summed E-state index contributed by atoms with van der Waals surface area (Å²) in [5.41, 5.74) is 15.0. The molecule has 0 saturated heterocycles. The predicted octanol–water partition coefficient (Wildman–Crippen LogP) is 1.22. The first-order chi connectivity index (χ1) is 7.00. The highest BCUT2D eigenvalue weighted by atomic mass is 15.3. The molecule has 0 aromatic heterocycles. The maximum Gasteiger partial charge on any atom is 0.211 e. The summed E-state index contributed by atoms with van der Waals surface area (Å²) in [4.78, 5) is 0. The molecule has 0 aliphatic rings. The Morgan fingerprint density at radius 3 is 2.27 bits per heavy atom. The van der Waals surface area contributed by atoms with Gasteiger partial charge in [-0.3, -0.25) is 0 Å². The summed E-state index contributed by atoms with van der Waals surface area (Å²) in [7, 11) is 0. The van der Waals surface area contributed by atoms with E-state index in [1.807, 2.05) is 6.92 Å². The molecule has 1 aromatic rings. The maximum absolute atomic E-state index is 5.16. The van der Waals surface area contributed by atoms with Crippen molar-refractivity contribution in [3.63, 3.8) is 0 Å². The fraction of sp³-hybridized carbons (Fsp3) is 0.273. The molecule has 0 amide bonds. The van der Waals surface area contributed by atoms with Crippen LogP contribution in [0.4, 0.5) is 0 Å². The molecule has 1 rings (SSSR count). The first-order valence-electron chi connectivity index (χ1n) is 4.70. The van der Waals surface area contributed by atoms with Gasteiger partial charge in [0, 0.05) is 0 Å². The third-order valence-corrected chi connectivity index (χ3v) is 2.25. The molecule has 0 unspecified atom stereocenters. The van der Waals surface area contributed by atoms with Crippen LogP contribution < -0.4 is 11.5 Å². The van der Waals surface area contributed by atoms with Crippen LogP contribution in [0, 0.1) is 20.8 Å². The van der Waals surface area contributed by atoms with Gasteiger partial charge in [0.2, 0.25) is 5.96 Å². The molecule has 80 valence electrons. The second-order valence-corrected chi connectivity index (χ2v) is 3.56. The van der Waals surface area contributed by atoms with Crippen molar-refractivity contribution >= 4 is 12.2 Å². The van der Waals surface area contributed by atoms with Crippen LogP contribution >= 0.6 is 0 Å². The van der Waals surface area contributed by atoms with Crippen molar-refractivity contribution in [3.05, 3.63) is 34.4 Å². The predicted molar refractivity (Wildman–Crippen MR) is 64.1 cm³/mol. The van der Waals surface area contributed by atoms with Crippen LogP contribution in [0.2, 0.25) is 0 Å². The summed E-state index contributed by atoms with van der Waals surface area (Å²) < 4.78 is 0. The van der Waals surface area contributed by atoms with E-state index in [1.165, 1.54) is 11.1 Å². The van der Waals surface area contributed by atoms with E-state index in [-0.39, 0.29) is 5.96 Å². The Labute approximate surface area is 89.7 Å². The Morgan fingerprint density at radius 1 is 1.07 bits per heavy atom. The molecule has 0 bridgehead atoms. The van der Waals surface area contributed by atoms with Crippen molar-refractivity contribution in [2.75, 3.05) is 0 Å². The monoisotopic (exact) mass is 204 g/mol. The van der Waals surface area contributed by atoms with Crippen molar-refractivity contribution in [2.45, 2.75) is 20.8 Å². The van der Waals surface area contributed by atoms with Crippen LogP contribution in [-0.2, 0) is 0 Å². The smallest absolute Gasteiger partial charge is 0.211 e. The quantitative estimate of drug-likeness (QED) is 0.431. The fourth-order valence-electron chi connectivity index (χ4n) is 1.28. The molecule has 4 N–H and O–H groups in total. The minimum atomic E-state index is -0.0345. The Bertz CT molecular complexity index is 415. The van der Waals surface area contributed by atoms with E-state index in [4.69, 9.17) is 11.5 Å². The minimum absolute atomic E-state index is 0.0345. The van der Waals surface area contributed by atoms with Crippen LogP contribution in [0.15, 0.2) is 22.3 Å². The van der Waals surface area contributed by atoms with Crippen molar-refractivity contribution in [3.8, 4) is 0 Å². The van der Waals surface area contributed by atoms with E-state index < -0.39 is 0 Å². The molecular weight excluding hydrogens is 188 g/mol. The number of nitrogens with two attached hydrogens (primary N) is 2. The first kappa shape index (κ1) is 11.2. The molecule has 0 aliphatic heterocycles. The molecule has 0 atom stereocenters. The molecule has 0 saturated carbocycles. The van der Waals surface area contributed by atoms with Crippen molar-refractivity contribution in [2.24, 2.45) is 21.7 Å². The largest absolute Gasteiger partial charge is 0.369 e. The molecular formula is C11H16N4. The molecule has 0 spiro atoms. The van der Waals surface area contributed by atoms with Crippen LogP contribution in [-0.4, -0.2) is 12.2 Å². The van der Waals surface area contributed by atoms with Crippen molar-refractivity contribution in [1.29, 1.82) is 0 Å². The van der Waals surface area contributed by atoms with Gasteiger partial charge in [0.05, 0.1) is 6.21 Å². The number of aryl methyl sites for hydroxylation is 3. The third kappa shape index (κ3) is 3.09. The lowest BCUT2D eigenvalue weighted by Gasteiger charge is -2.04. The van der Waals surface area contributed by atoms with E-state index in [1.54, 1.807) is 6.21 Å². The van der Waals surface area contributed by atoms with Crippen LogP contribution in [0.5, 0.6) is 0 Å². The summed E-state index contributed by atoms with van der Waals surface area (Å²) in [6, 6.07) is 4.18.